The van der Waals surface area contributed by atoms with E-state index >= 15 is 0 Å². The van der Waals surface area contributed by atoms with E-state index in [9.17, 15) is 5.11 Å². The maximum atomic E-state index is 9.51. The van der Waals surface area contributed by atoms with E-state index in [1.165, 1.54) is 0 Å². The first kappa shape index (κ1) is 14.3. The standard InChI is InChI=1S/C13H19BrO3/c1-8(2)17-13-10(5-9(3)15)6-11(14)7-12(13)16-4/h6-9,15H,5H2,1-4H3. The Hall–Kier alpha value is -0.740. The highest BCUT2D eigenvalue weighted by Crippen LogP contribution is 2.36. The maximum Gasteiger partial charge on any atom is 0.164 e. The number of ether oxygens (including phenoxy) is 2. The summed E-state index contributed by atoms with van der Waals surface area (Å²) in [5.41, 5.74) is 0.944. The molecule has 96 valence electrons. The van der Waals surface area contributed by atoms with E-state index in [1.807, 2.05) is 26.0 Å². The SMILES string of the molecule is COc1cc(Br)cc(CC(C)O)c1OC(C)C. The van der Waals surface area contributed by atoms with Gasteiger partial charge in [-0.15, -0.1) is 0 Å². The third kappa shape index (κ3) is 4.21. The van der Waals surface area contributed by atoms with Gasteiger partial charge >= 0.3 is 0 Å². The molecule has 0 aromatic heterocycles. The second kappa shape index (κ2) is 6.26. The van der Waals surface area contributed by atoms with Crippen LogP contribution in [0.1, 0.15) is 26.3 Å². The predicted octanol–water partition coefficient (Wildman–Crippen LogP) is 3.17. The Kier molecular flexibility index (Phi) is 5.28. The van der Waals surface area contributed by atoms with Gasteiger partial charge < -0.3 is 14.6 Å². The van der Waals surface area contributed by atoms with Crippen LogP contribution >= 0.6 is 15.9 Å². The minimum absolute atomic E-state index is 0.0674. The fourth-order valence-electron chi connectivity index (χ4n) is 1.61. The number of halogens is 1. The minimum atomic E-state index is -0.413. The van der Waals surface area contributed by atoms with Crippen LogP contribution in [0, 0.1) is 0 Å². The zero-order valence-corrected chi connectivity index (χ0v) is 12.2. The smallest absolute Gasteiger partial charge is 0.164 e. The molecule has 3 nitrogen and oxygen atoms in total. The summed E-state index contributed by atoms with van der Waals surface area (Å²) < 4.78 is 12.0. The molecular formula is C13H19BrO3. The Morgan fingerprint density at radius 1 is 1.29 bits per heavy atom. The lowest BCUT2D eigenvalue weighted by molar-refractivity contribution is 0.188. The van der Waals surface area contributed by atoms with Crippen LogP contribution < -0.4 is 9.47 Å². The normalized spacial score (nSPS) is 12.6. The fraction of sp³-hybridized carbons (Fsp3) is 0.538. The first-order valence-corrected chi connectivity index (χ1v) is 6.44. The van der Waals surface area contributed by atoms with Crippen LogP contribution in [0.25, 0.3) is 0 Å². The number of aliphatic hydroxyl groups is 1. The van der Waals surface area contributed by atoms with Gasteiger partial charge in [0, 0.05) is 16.5 Å². The molecule has 0 fully saturated rings. The van der Waals surface area contributed by atoms with Gasteiger partial charge in [0.1, 0.15) is 0 Å². The number of rotatable bonds is 5. The highest BCUT2D eigenvalue weighted by molar-refractivity contribution is 9.10. The quantitative estimate of drug-likeness (QED) is 0.908. The van der Waals surface area contributed by atoms with Crippen molar-refractivity contribution in [2.45, 2.75) is 39.4 Å². The van der Waals surface area contributed by atoms with Crippen LogP contribution in [0.4, 0.5) is 0 Å². The molecule has 1 atom stereocenters. The molecular weight excluding hydrogens is 284 g/mol. The lowest BCUT2D eigenvalue weighted by atomic mass is 10.1. The third-order valence-electron chi connectivity index (χ3n) is 2.19. The topological polar surface area (TPSA) is 38.7 Å². The van der Waals surface area contributed by atoms with Crippen molar-refractivity contribution in [1.82, 2.24) is 0 Å². The van der Waals surface area contributed by atoms with Gasteiger partial charge in [-0.1, -0.05) is 15.9 Å². The zero-order chi connectivity index (χ0) is 13.0. The van der Waals surface area contributed by atoms with E-state index < -0.39 is 6.10 Å². The molecule has 1 aromatic rings. The first-order chi connectivity index (χ1) is 7.93. The highest BCUT2D eigenvalue weighted by atomic mass is 79.9. The summed E-state index contributed by atoms with van der Waals surface area (Å²) in [5, 5.41) is 9.51. The van der Waals surface area contributed by atoms with Gasteiger partial charge in [0.15, 0.2) is 11.5 Å². The summed E-state index contributed by atoms with van der Waals surface area (Å²) in [6, 6.07) is 3.82. The average molecular weight is 303 g/mol. The van der Waals surface area contributed by atoms with Crippen LogP contribution in [0.2, 0.25) is 0 Å². The van der Waals surface area contributed by atoms with E-state index in [4.69, 9.17) is 9.47 Å². The number of hydrogen-bond acceptors (Lipinski definition) is 3. The molecule has 17 heavy (non-hydrogen) atoms. The number of aliphatic hydroxyl groups excluding tert-OH is 1. The van der Waals surface area contributed by atoms with Crippen LogP contribution in [0.5, 0.6) is 11.5 Å². The van der Waals surface area contributed by atoms with E-state index in [1.54, 1.807) is 14.0 Å². The Morgan fingerprint density at radius 2 is 1.94 bits per heavy atom. The second-order valence-electron chi connectivity index (χ2n) is 4.32. The van der Waals surface area contributed by atoms with Crippen molar-refractivity contribution in [2.75, 3.05) is 7.11 Å². The molecule has 0 radical (unpaired) electrons. The van der Waals surface area contributed by atoms with Crippen LogP contribution in [0.15, 0.2) is 16.6 Å². The van der Waals surface area contributed by atoms with Crippen molar-refractivity contribution in [1.29, 1.82) is 0 Å². The van der Waals surface area contributed by atoms with Crippen molar-refractivity contribution in [3.05, 3.63) is 22.2 Å². The van der Waals surface area contributed by atoms with E-state index in [-0.39, 0.29) is 6.10 Å². The molecule has 0 saturated carbocycles. The number of benzene rings is 1. The van der Waals surface area contributed by atoms with Crippen molar-refractivity contribution in [3.63, 3.8) is 0 Å². The Morgan fingerprint density at radius 3 is 2.41 bits per heavy atom. The van der Waals surface area contributed by atoms with Crippen molar-refractivity contribution in [3.8, 4) is 11.5 Å². The monoisotopic (exact) mass is 302 g/mol. The Bertz CT molecular complexity index is 375. The maximum absolute atomic E-state index is 9.51. The highest BCUT2D eigenvalue weighted by Gasteiger charge is 2.15. The Labute approximate surface area is 111 Å². The molecule has 0 amide bonds. The molecule has 0 bridgehead atoms. The van der Waals surface area contributed by atoms with Crippen LogP contribution in [-0.4, -0.2) is 24.4 Å². The van der Waals surface area contributed by atoms with Gasteiger partial charge in [-0.05, 0) is 32.9 Å². The summed E-state index contributed by atoms with van der Waals surface area (Å²) in [5.74, 6) is 1.40. The van der Waals surface area contributed by atoms with Gasteiger partial charge in [-0.2, -0.15) is 0 Å². The van der Waals surface area contributed by atoms with Gasteiger partial charge in [0.2, 0.25) is 0 Å². The minimum Gasteiger partial charge on any atom is -0.493 e. The molecule has 1 unspecified atom stereocenters. The largest absolute Gasteiger partial charge is 0.493 e. The summed E-state index contributed by atoms with van der Waals surface area (Å²) in [6.45, 7) is 5.69. The van der Waals surface area contributed by atoms with Gasteiger partial charge in [-0.25, -0.2) is 0 Å². The summed E-state index contributed by atoms with van der Waals surface area (Å²) in [6.07, 6.45) is 0.194. The molecule has 0 heterocycles. The average Bonchev–Trinajstić information content (AvgIpc) is 2.20. The molecule has 0 aliphatic rings. The van der Waals surface area contributed by atoms with Crippen molar-refractivity contribution in [2.24, 2.45) is 0 Å². The molecule has 0 spiro atoms. The summed E-state index contributed by atoms with van der Waals surface area (Å²) >= 11 is 3.43. The lowest BCUT2D eigenvalue weighted by Gasteiger charge is -2.18. The van der Waals surface area contributed by atoms with Gasteiger partial charge in [0.25, 0.3) is 0 Å². The number of methoxy groups -OCH3 is 1. The van der Waals surface area contributed by atoms with Gasteiger partial charge in [-0.3, -0.25) is 0 Å². The van der Waals surface area contributed by atoms with E-state index in [2.05, 4.69) is 15.9 Å². The predicted molar refractivity (Wildman–Crippen MR) is 71.8 cm³/mol. The van der Waals surface area contributed by atoms with Crippen LogP contribution in [-0.2, 0) is 6.42 Å². The molecule has 0 aliphatic heterocycles. The molecule has 0 saturated heterocycles. The number of hydrogen-bond donors (Lipinski definition) is 1. The fourth-order valence-corrected chi connectivity index (χ4v) is 2.10. The molecule has 4 heteroatoms. The molecule has 1 N–H and O–H groups in total. The van der Waals surface area contributed by atoms with E-state index in [0.29, 0.717) is 17.9 Å². The van der Waals surface area contributed by atoms with Crippen LogP contribution in [0.3, 0.4) is 0 Å². The summed E-state index contributed by atoms with van der Waals surface area (Å²) in [4.78, 5) is 0. The first-order valence-electron chi connectivity index (χ1n) is 5.65. The second-order valence-corrected chi connectivity index (χ2v) is 5.23. The Balaban J connectivity index is 3.18. The summed E-state index contributed by atoms with van der Waals surface area (Å²) in [7, 11) is 1.61. The molecule has 0 aliphatic carbocycles. The van der Waals surface area contributed by atoms with Gasteiger partial charge in [0.05, 0.1) is 19.3 Å². The zero-order valence-electron chi connectivity index (χ0n) is 10.7. The molecule has 1 rings (SSSR count). The third-order valence-corrected chi connectivity index (χ3v) is 2.64. The lowest BCUT2D eigenvalue weighted by Crippen LogP contribution is -2.12. The molecule has 1 aromatic carbocycles. The van der Waals surface area contributed by atoms with Crippen molar-refractivity contribution < 1.29 is 14.6 Å². The van der Waals surface area contributed by atoms with E-state index in [0.717, 1.165) is 10.0 Å². The van der Waals surface area contributed by atoms with Crippen molar-refractivity contribution >= 4 is 15.9 Å².